The number of aromatic nitrogens is 1. The van der Waals surface area contributed by atoms with Gasteiger partial charge in [-0.25, -0.2) is 9.37 Å². The number of benzene rings is 2. The molecule has 4 nitrogen and oxygen atoms in total. The zero-order valence-electron chi connectivity index (χ0n) is 14.1. The number of hydrogen-bond donors (Lipinski definition) is 0. The van der Waals surface area contributed by atoms with Crippen molar-refractivity contribution in [2.24, 2.45) is 0 Å². The van der Waals surface area contributed by atoms with E-state index in [1.54, 1.807) is 18.4 Å². The highest BCUT2D eigenvalue weighted by Crippen LogP contribution is 2.25. The summed E-state index contributed by atoms with van der Waals surface area (Å²) in [6, 6.07) is 14.4. The minimum Gasteiger partial charge on any atom is -0.444 e. The Labute approximate surface area is 159 Å². The quantitative estimate of drug-likeness (QED) is 0.611. The molecule has 0 bridgehead atoms. The van der Waals surface area contributed by atoms with Crippen LogP contribution in [-0.2, 0) is 11.3 Å². The van der Waals surface area contributed by atoms with Gasteiger partial charge in [-0.3, -0.25) is 4.90 Å². The second kappa shape index (κ2) is 7.70. The lowest BCUT2D eigenvalue weighted by Gasteiger charge is -2.32. The molecule has 0 N–H and O–H groups in total. The van der Waals surface area contributed by atoms with Crippen LogP contribution >= 0.6 is 15.9 Å². The van der Waals surface area contributed by atoms with Crippen LogP contribution in [0.4, 0.5) is 4.39 Å². The van der Waals surface area contributed by atoms with Crippen molar-refractivity contribution in [3.63, 3.8) is 0 Å². The van der Waals surface area contributed by atoms with Crippen LogP contribution in [0.3, 0.4) is 0 Å². The average molecular weight is 417 g/mol. The van der Waals surface area contributed by atoms with Crippen LogP contribution in [0.1, 0.15) is 17.4 Å². The Morgan fingerprint density at radius 3 is 2.65 bits per heavy atom. The van der Waals surface area contributed by atoms with Gasteiger partial charge in [-0.05, 0) is 42.0 Å². The molecule has 1 unspecified atom stereocenters. The molecule has 0 spiro atoms. The minimum atomic E-state index is -0.271. The maximum absolute atomic E-state index is 13.0. The van der Waals surface area contributed by atoms with Crippen LogP contribution in [0.5, 0.6) is 0 Å². The van der Waals surface area contributed by atoms with Gasteiger partial charge in [0.25, 0.3) is 0 Å². The normalized spacial score (nSPS) is 18.2. The number of halogens is 2. The number of rotatable bonds is 4. The van der Waals surface area contributed by atoms with E-state index in [1.165, 1.54) is 17.7 Å². The Kier molecular flexibility index (Phi) is 5.15. The van der Waals surface area contributed by atoms with E-state index in [0.717, 1.165) is 28.8 Å². The van der Waals surface area contributed by atoms with Crippen molar-refractivity contribution in [2.75, 3.05) is 19.7 Å². The van der Waals surface area contributed by atoms with E-state index in [2.05, 4.69) is 37.9 Å². The Morgan fingerprint density at radius 1 is 1.12 bits per heavy atom. The molecule has 26 heavy (non-hydrogen) atoms. The molecule has 0 radical (unpaired) electrons. The number of nitrogens with zero attached hydrogens (tertiary/aromatic N) is 2. The average Bonchev–Trinajstić information content (AvgIpc) is 3.11. The van der Waals surface area contributed by atoms with Gasteiger partial charge >= 0.3 is 0 Å². The van der Waals surface area contributed by atoms with E-state index in [4.69, 9.17) is 9.15 Å². The lowest BCUT2D eigenvalue weighted by molar-refractivity contribution is -0.0333. The molecular formula is C20H18BrFN2O2. The second-order valence-corrected chi connectivity index (χ2v) is 7.21. The minimum absolute atomic E-state index is 0.0559. The molecule has 2 aromatic carbocycles. The van der Waals surface area contributed by atoms with E-state index >= 15 is 0 Å². The highest BCUT2D eigenvalue weighted by molar-refractivity contribution is 9.10. The summed E-state index contributed by atoms with van der Waals surface area (Å²) in [5.74, 6) is 0.241. The zero-order chi connectivity index (χ0) is 17.9. The standard InChI is InChI=1S/C20H18BrFN2O2/c21-16-5-1-14(2-6-16)19-12-24(9-10-25-19)11-18-13-26-20(23-18)15-3-7-17(22)8-4-15/h1-8,13,19H,9-12H2. The second-order valence-electron chi connectivity index (χ2n) is 6.30. The molecule has 134 valence electrons. The third-order valence-corrected chi connectivity index (χ3v) is 4.95. The molecule has 1 atom stereocenters. The van der Waals surface area contributed by atoms with Crippen LogP contribution in [0.25, 0.3) is 11.5 Å². The molecule has 3 aromatic rings. The smallest absolute Gasteiger partial charge is 0.226 e. The lowest BCUT2D eigenvalue weighted by Crippen LogP contribution is -2.37. The SMILES string of the molecule is Fc1ccc(-c2nc(CN3CCOC(c4ccc(Br)cc4)C3)co2)cc1. The van der Waals surface area contributed by atoms with Gasteiger partial charge in [0.05, 0.1) is 18.4 Å². The van der Waals surface area contributed by atoms with Gasteiger partial charge in [0.15, 0.2) is 0 Å². The monoisotopic (exact) mass is 416 g/mol. The number of morpholine rings is 1. The highest BCUT2D eigenvalue weighted by atomic mass is 79.9. The Balaban J connectivity index is 1.42. The molecule has 2 heterocycles. The van der Waals surface area contributed by atoms with Crippen molar-refractivity contribution in [3.05, 3.63) is 76.3 Å². The first-order valence-electron chi connectivity index (χ1n) is 8.47. The van der Waals surface area contributed by atoms with Crippen LogP contribution in [0.15, 0.2) is 63.7 Å². The van der Waals surface area contributed by atoms with Gasteiger partial charge in [-0.2, -0.15) is 0 Å². The van der Waals surface area contributed by atoms with E-state index in [9.17, 15) is 4.39 Å². The lowest BCUT2D eigenvalue weighted by atomic mass is 10.1. The molecule has 1 aromatic heterocycles. The van der Waals surface area contributed by atoms with Crippen LogP contribution in [0.2, 0.25) is 0 Å². The molecule has 1 aliphatic rings. The van der Waals surface area contributed by atoms with E-state index < -0.39 is 0 Å². The molecule has 4 rings (SSSR count). The van der Waals surface area contributed by atoms with Gasteiger partial charge < -0.3 is 9.15 Å². The molecule has 0 aliphatic carbocycles. The van der Waals surface area contributed by atoms with Crippen molar-refractivity contribution in [1.29, 1.82) is 0 Å². The zero-order valence-corrected chi connectivity index (χ0v) is 15.7. The van der Waals surface area contributed by atoms with Crippen LogP contribution in [0, 0.1) is 5.82 Å². The molecule has 1 fully saturated rings. The first kappa shape index (κ1) is 17.4. The largest absolute Gasteiger partial charge is 0.444 e. The van der Waals surface area contributed by atoms with Gasteiger partial charge in [-0.15, -0.1) is 0 Å². The summed E-state index contributed by atoms with van der Waals surface area (Å²) in [4.78, 5) is 6.84. The van der Waals surface area contributed by atoms with Crippen LogP contribution in [-0.4, -0.2) is 29.6 Å². The summed E-state index contributed by atoms with van der Waals surface area (Å²) < 4.78 is 25.6. The molecular weight excluding hydrogens is 399 g/mol. The van der Waals surface area contributed by atoms with Crippen molar-refractivity contribution < 1.29 is 13.5 Å². The predicted octanol–water partition coefficient (Wildman–Crippen LogP) is 4.82. The van der Waals surface area contributed by atoms with Crippen molar-refractivity contribution in [2.45, 2.75) is 12.6 Å². The number of oxazole rings is 1. The van der Waals surface area contributed by atoms with Crippen LogP contribution < -0.4 is 0 Å². The van der Waals surface area contributed by atoms with E-state index in [0.29, 0.717) is 19.0 Å². The number of ether oxygens (including phenoxy) is 1. The van der Waals surface area contributed by atoms with Gasteiger partial charge in [0.1, 0.15) is 12.1 Å². The first-order valence-corrected chi connectivity index (χ1v) is 9.26. The maximum atomic E-state index is 13.0. The topological polar surface area (TPSA) is 38.5 Å². The summed E-state index contributed by atoms with van der Waals surface area (Å²) in [6.07, 6.45) is 1.73. The fourth-order valence-electron chi connectivity index (χ4n) is 3.06. The Bertz CT molecular complexity index is 864. The summed E-state index contributed by atoms with van der Waals surface area (Å²) in [7, 11) is 0. The first-order chi connectivity index (χ1) is 12.7. The molecule has 0 amide bonds. The van der Waals surface area contributed by atoms with E-state index in [1.807, 2.05) is 12.1 Å². The molecule has 1 saturated heterocycles. The van der Waals surface area contributed by atoms with Crippen molar-refractivity contribution in [3.8, 4) is 11.5 Å². The molecule has 1 aliphatic heterocycles. The third-order valence-electron chi connectivity index (χ3n) is 4.42. The van der Waals surface area contributed by atoms with Gasteiger partial charge in [-0.1, -0.05) is 28.1 Å². The van der Waals surface area contributed by atoms with E-state index in [-0.39, 0.29) is 11.9 Å². The Morgan fingerprint density at radius 2 is 1.88 bits per heavy atom. The predicted molar refractivity (Wildman–Crippen MR) is 100 cm³/mol. The summed E-state index contributed by atoms with van der Waals surface area (Å²) >= 11 is 3.46. The summed E-state index contributed by atoms with van der Waals surface area (Å²) in [5, 5.41) is 0. The maximum Gasteiger partial charge on any atom is 0.226 e. The molecule has 6 heteroatoms. The van der Waals surface area contributed by atoms with Crippen molar-refractivity contribution >= 4 is 15.9 Å². The highest BCUT2D eigenvalue weighted by Gasteiger charge is 2.23. The van der Waals surface area contributed by atoms with Gasteiger partial charge in [0, 0.05) is 29.7 Å². The Hall–Kier alpha value is -2.02. The van der Waals surface area contributed by atoms with Gasteiger partial charge in [0.2, 0.25) is 5.89 Å². The van der Waals surface area contributed by atoms with Crippen molar-refractivity contribution in [1.82, 2.24) is 9.88 Å². The summed E-state index contributed by atoms with van der Waals surface area (Å²) in [6.45, 7) is 3.04. The number of hydrogen-bond acceptors (Lipinski definition) is 4. The third kappa shape index (κ3) is 4.03. The fraction of sp³-hybridized carbons (Fsp3) is 0.250. The molecule has 0 saturated carbocycles. The summed E-state index contributed by atoms with van der Waals surface area (Å²) in [5.41, 5.74) is 2.80. The fourth-order valence-corrected chi connectivity index (χ4v) is 3.32.